The minimum atomic E-state index is -1.62. The Morgan fingerprint density at radius 2 is 1.74 bits per heavy atom. The fourth-order valence-corrected chi connectivity index (χ4v) is 2.17. The molecule has 0 spiro atoms. The predicted molar refractivity (Wildman–Crippen MR) is 71.3 cm³/mol. The van der Waals surface area contributed by atoms with Gasteiger partial charge in [0.25, 0.3) is 0 Å². The quantitative estimate of drug-likeness (QED) is 0.236. The number of carboxylic acids is 3. The van der Waals surface area contributed by atoms with Crippen LogP contribution in [0.5, 0.6) is 0 Å². The van der Waals surface area contributed by atoms with Gasteiger partial charge in [0.15, 0.2) is 6.10 Å². The molecule has 1 fully saturated rings. The van der Waals surface area contributed by atoms with Crippen LogP contribution in [-0.4, -0.2) is 92.3 Å². The van der Waals surface area contributed by atoms with Gasteiger partial charge in [-0.1, -0.05) is 0 Å². The van der Waals surface area contributed by atoms with E-state index in [9.17, 15) is 19.5 Å². The molecule has 1 radical (unpaired) electrons. The van der Waals surface area contributed by atoms with Crippen LogP contribution in [0.1, 0.15) is 12.8 Å². The maximum atomic E-state index is 11.1. The number of likely N-dealkylation sites (tertiary alicyclic amines) is 1. The maximum Gasteiger partial charge on any atom is 0.332 e. The Kier molecular flexibility index (Phi) is 9.27. The molecule has 0 aromatic rings. The van der Waals surface area contributed by atoms with Gasteiger partial charge in [-0.05, 0) is 19.4 Å². The second-order valence-electron chi connectivity index (χ2n) is 5.12. The van der Waals surface area contributed by atoms with Gasteiger partial charge in [-0.15, -0.1) is 0 Å². The third-order valence-corrected chi connectivity index (χ3v) is 3.56. The van der Waals surface area contributed by atoms with Gasteiger partial charge in [-0.2, -0.15) is 0 Å². The van der Waals surface area contributed by atoms with E-state index in [-0.39, 0.29) is 36.3 Å². The van der Waals surface area contributed by atoms with E-state index in [1.165, 1.54) is 4.90 Å². The topological polar surface area (TPSA) is 168 Å². The number of hydrogen-bond donors (Lipinski definition) is 6. The molecule has 0 aromatic heterocycles. The Morgan fingerprint density at radius 3 is 2.13 bits per heavy atom. The first-order valence-electron chi connectivity index (χ1n) is 6.76. The molecule has 0 amide bonds. The summed E-state index contributed by atoms with van der Waals surface area (Å²) in [5.74, 6) is -3.79. The van der Waals surface area contributed by atoms with Crippen molar-refractivity contribution in [3.63, 3.8) is 0 Å². The number of nitrogens with one attached hydrogen (secondary N) is 1. The summed E-state index contributed by atoms with van der Waals surface area (Å²) in [6.07, 6.45) is -2.75. The van der Waals surface area contributed by atoms with Crippen LogP contribution < -0.4 is 5.32 Å². The number of carbonyl (C=O) groups is 3. The summed E-state index contributed by atoms with van der Waals surface area (Å²) in [7, 11) is 0. The van der Waals surface area contributed by atoms with Gasteiger partial charge in [0.2, 0.25) is 0 Å². The number of rotatable bonds is 10. The number of aliphatic carboxylic acids is 3. The summed E-state index contributed by atoms with van der Waals surface area (Å²) in [6.45, 7) is 0.213. The van der Waals surface area contributed by atoms with Crippen molar-refractivity contribution in [1.29, 1.82) is 0 Å². The van der Waals surface area contributed by atoms with Crippen molar-refractivity contribution in [2.45, 2.75) is 37.1 Å². The monoisotopic (exact) mass is 379 g/mol. The zero-order chi connectivity index (χ0) is 16.9. The second kappa shape index (κ2) is 9.80. The van der Waals surface area contributed by atoms with Crippen molar-refractivity contribution < 1.29 is 56.7 Å². The molecule has 0 bridgehead atoms. The third kappa shape index (κ3) is 6.41. The number of aliphatic hydroxyl groups is 2. The fourth-order valence-electron chi connectivity index (χ4n) is 2.17. The first kappa shape index (κ1) is 21.8. The van der Waals surface area contributed by atoms with Crippen molar-refractivity contribution in [2.75, 3.05) is 19.6 Å². The van der Waals surface area contributed by atoms with E-state index in [0.29, 0.717) is 13.0 Å². The molecule has 1 rings (SSSR count). The Hall–Kier alpha value is -1.24. The van der Waals surface area contributed by atoms with E-state index in [2.05, 4.69) is 5.32 Å². The molecular weight excluding hydrogens is 359 g/mol. The van der Waals surface area contributed by atoms with Crippen molar-refractivity contribution >= 4 is 17.9 Å². The van der Waals surface area contributed by atoms with Crippen LogP contribution in [0.2, 0.25) is 0 Å². The Balaban J connectivity index is 0.00000484. The van der Waals surface area contributed by atoms with Crippen LogP contribution in [0.25, 0.3) is 0 Å². The molecule has 1 heterocycles. The van der Waals surface area contributed by atoms with Gasteiger partial charge in [-0.25, -0.2) is 4.79 Å². The molecule has 135 valence electrons. The molecule has 0 aromatic carbocycles. The van der Waals surface area contributed by atoms with Gasteiger partial charge in [-0.3, -0.25) is 14.5 Å². The van der Waals surface area contributed by atoms with Gasteiger partial charge in [0, 0.05) is 29.9 Å². The van der Waals surface area contributed by atoms with Crippen LogP contribution in [-0.2, 0) is 31.2 Å². The minimum absolute atomic E-state index is 0. The first-order chi connectivity index (χ1) is 10.2. The molecule has 0 aliphatic carbocycles. The third-order valence-electron chi connectivity index (χ3n) is 3.56. The van der Waals surface area contributed by atoms with Crippen molar-refractivity contribution in [1.82, 2.24) is 10.2 Å². The predicted octanol–water partition coefficient (Wildman–Crippen LogP) is -2.62. The summed E-state index contributed by atoms with van der Waals surface area (Å²) in [6, 6.07) is -2.10. The molecular formula is C12H20CoN2O8. The molecule has 6 N–H and O–H groups in total. The number of β-amino-alcohol motifs (C(OH)–C–C–N with tert-alkyl or cyclic N) is 1. The molecule has 11 heteroatoms. The molecule has 4 atom stereocenters. The maximum absolute atomic E-state index is 11.1. The summed E-state index contributed by atoms with van der Waals surface area (Å²) in [5, 5.41) is 47.9. The van der Waals surface area contributed by atoms with Crippen LogP contribution >= 0.6 is 0 Å². The molecule has 10 nitrogen and oxygen atoms in total. The molecule has 1 aliphatic rings. The van der Waals surface area contributed by atoms with Crippen molar-refractivity contribution in [3.05, 3.63) is 0 Å². The fraction of sp³-hybridized carbons (Fsp3) is 0.750. The molecule has 1 saturated heterocycles. The summed E-state index contributed by atoms with van der Waals surface area (Å²) in [4.78, 5) is 33.9. The normalized spacial score (nSPS) is 21.4. The second-order valence-corrected chi connectivity index (χ2v) is 5.12. The van der Waals surface area contributed by atoms with E-state index in [0.717, 1.165) is 0 Å². The van der Waals surface area contributed by atoms with Gasteiger partial charge in [0.05, 0.1) is 6.10 Å². The molecule has 0 saturated carbocycles. The van der Waals surface area contributed by atoms with Crippen LogP contribution in [0, 0.1) is 0 Å². The zero-order valence-corrected chi connectivity index (χ0v) is 13.1. The molecule has 23 heavy (non-hydrogen) atoms. The van der Waals surface area contributed by atoms with Gasteiger partial charge >= 0.3 is 17.9 Å². The average Bonchev–Trinajstić information content (AvgIpc) is 2.37. The van der Waals surface area contributed by atoms with Crippen LogP contribution in [0.15, 0.2) is 0 Å². The molecule has 4 unspecified atom stereocenters. The van der Waals surface area contributed by atoms with Crippen LogP contribution in [0.3, 0.4) is 0 Å². The Bertz CT molecular complexity index is 435. The number of hydrogen-bond acceptors (Lipinski definition) is 7. The van der Waals surface area contributed by atoms with Crippen LogP contribution in [0.4, 0.5) is 0 Å². The SMILES string of the molecule is O=C(O)C(O)CCNC(C(=O)O)C(O)CN1CCC1C(=O)O.[Co]. The van der Waals surface area contributed by atoms with E-state index in [4.69, 9.17) is 20.4 Å². The largest absolute Gasteiger partial charge is 0.480 e. The number of carboxylic acid groups (broad SMARTS) is 3. The van der Waals surface area contributed by atoms with E-state index < -0.39 is 42.2 Å². The summed E-state index contributed by atoms with van der Waals surface area (Å²) >= 11 is 0. The average molecular weight is 379 g/mol. The smallest absolute Gasteiger partial charge is 0.332 e. The number of aliphatic hydroxyl groups excluding tert-OH is 2. The summed E-state index contributed by atoms with van der Waals surface area (Å²) < 4.78 is 0. The van der Waals surface area contributed by atoms with E-state index in [1.807, 2.05) is 0 Å². The van der Waals surface area contributed by atoms with Crippen molar-refractivity contribution in [2.24, 2.45) is 0 Å². The zero-order valence-electron chi connectivity index (χ0n) is 12.1. The number of nitrogens with zero attached hydrogens (tertiary/aromatic N) is 1. The Labute approximate surface area is 142 Å². The van der Waals surface area contributed by atoms with Gasteiger partial charge in [0.1, 0.15) is 12.1 Å². The Morgan fingerprint density at radius 1 is 1.13 bits per heavy atom. The van der Waals surface area contributed by atoms with Gasteiger partial charge < -0.3 is 30.8 Å². The standard InChI is InChI=1S/C12H20N2O8.Co/c15-7(11(19)20)1-3-13-9(12(21)22)8(16)5-14-4-2-6(14)10(17)18;/h6-9,13,15-16H,1-5H2,(H,17,18)(H,19,20)(H,21,22);. The van der Waals surface area contributed by atoms with E-state index in [1.54, 1.807) is 0 Å². The molecule has 1 aliphatic heterocycles. The van der Waals surface area contributed by atoms with Crippen molar-refractivity contribution in [3.8, 4) is 0 Å². The minimum Gasteiger partial charge on any atom is -0.480 e. The summed E-state index contributed by atoms with van der Waals surface area (Å²) in [5.41, 5.74) is 0. The van der Waals surface area contributed by atoms with E-state index >= 15 is 0 Å². The first-order valence-corrected chi connectivity index (χ1v) is 6.76.